The second kappa shape index (κ2) is 9.68. The van der Waals surface area contributed by atoms with E-state index in [4.69, 9.17) is 0 Å². The standard InChI is InChI=1S/C24H30FN3O3S/c1-18(24(29)26-12-11-19-5-8-22(25)9-6-19)27-13-15-28(16-14-27)32(30,31)23-10-7-20-3-2-4-21(20)17-23/h5-10,17-18H,2-4,11-16H2,1H3,(H,26,29). The third kappa shape index (κ3) is 5.03. The number of nitrogens with one attached hydrogen (secondary N) is 1. The van der Waals surface area contributed by atoms with Crippen LogP contribution in [-0.4, -0.2) is 62.3 Å². The fraction of sp³-hybridized carbons (Fsp3) is 0.458. The van der Waals surface area contributed by atoms with Crippen molar-refractivity contribution in [2.75, 3.05) is 32.7 Å². The Kier molecular flexibility index (Phi) is 6.93. The number of carbonyl (C=O) groups is 1. The molecule has 172 valence electrons. The lowest BCUT2D eigenvalue weighted by molar-refractivity contribution is -0.126. The van der Waals surface area contributed by atoms with Crippen LogP contribution in [0.4, 0.5) is 4.39 Å². The molecule has 1 heterocycles. The second-order valence-corrected chi connectivity index (χ2v) is 10.5. The SMILES string of the molecule is CC(C(=O)NCCc1ccc(F)cc1)N1CCN(S(=O)(=O)c2ccc3c(c2)CCC3)CC1. The van der Waals surface area contributed by atoms with Crippen LogP contribution >= 0.6 is 0 Å². The first kappa shape index (κ1) is 22.9. The van der Waals surface area contributed by atoms with Gasteiger partial charge >= 0.3 is 0 Å². The van der Waals surface area contributed by atoms with Gasteiger partial charge in [-0.2, -0.15) is 4.31 Å². The first-order valence-corrected chi connectivity index (χ1v) is 12.7. The molecular formula is C24H30FN3O3S. The maximum atomic E-state index is 13.1. The molecule has 0 radical (unpaired) electrons. The predicted octanol–water partition coefficient (Wildman–Crippen LogP) is 2.37. The summed E-state index contributed by atoms with van der Waals surface area (Å²) < 4.78 is 40.7. The number of halogens is 1. The van der Waals surface area contributed by atoms with Crippen LogP contribution in [0.2, 0.25) is 0 Å². The van der Waals surface area contributed by atoms with E-state index >= 15 is 0 Å². The van der Waals surface area contributed by atoms with Crippen molar-refractivity contribution in [3.05, 3.63) is 65.0 Å². The number of carbonyl (C=O) groups excluding carboxylic acids is 1. The number of aryl methyl sites for hydroxylation is 2. The number of hydrogen-bond acceptors (Lipinski definition) is 4. The van der Waals surface area contributed by atoms with Gasteiger partial charge in [0.05, 0.1) is 10.9 Å². The summed E-state index contributed by atoms with van der Waals surface area (Å²) in [6.45, 7) is 4.08. The second-order valence-electron chi connectivity index (χ2n) is 8.57. The molecule has 2 aromatic carbocycles. The number of rotatable bonds is 7. The van der Waals surface area contributed by atoms with Gasteiger partial charge in [-0.05, 0) is 73.6 Å². The molecule has 1 unspecified atom stereocenters. The maximum Gasteiger partial charge on any atom is 0.243 e. The van der Waals surface area contributed by atoms with Crippen LogP contribution in [0.3, 0.4) is 0 Å². The van der Waals surface area contributed by atoms with E-state index in [1.54, 1.807) is 18.2 Å². The summed E-state index contributed by atoms with van der Waals surface area (Å²) in [5.74, 6) is -0.356. The Hall–Kier alpha value is -2.29. The van der Waals surface area contributed by atoms with Crippen LogP contribution in [0.5, 0.6) is 0 Å². The molecule has 8 heteroatoms. The van der Waals surface area contributed by atoms with Gasteiger partial charge in [0, 0.05) is 32.7 Å². The summed E-state index contributed by atoms with van der Waals surface area (Å²) in [5.41, 5.74) is 3.37. The lowest BCUT2D eigenvalue weighted by Gasteiger charge is -2.36. The summed E-state index contributed by atoms with van der Waals surface area (Å²) in [4.78, 5) is 14.9. The molecule has 0 saturated carbocycles. The fourth-order valence-electron chi connectivity index (χ4n) is 4.48. The number of amides is 1. The molecule has 6 nitrogen and oxygen atoms in total. The third-order valence-corrected chi connectivity index (χ3v) is 8.43. The molecule has 1 atom stereocenters. The van der Waals surface area contributed by atoms with E-state index in [-0.39, 0.29) is 17.8 Å². The maximum absolute atomic E-state index is 13.1. The van der Waals surface area contributed by atoms with Gasteiger partial charge in [0.1, 0.15) is 5.82 Å². The first-order valence-electron chi connectivity index (χ1n) is 11.2. The van der Waals surface area contributed by atoms with E-state index in [0.717, 1.165) is 30.4 Å². The van der Waals surface area contributed by atoms with Crippen LogP contribution in [0.25, 0.3) is 0 Å². The van der Waals surface area contributed by atoms with Crippen molar-refractivity contribution < 1.29 is 17.6 Å². The molecule has 1 saturated heterocycles. The van der Waals surface area contributed by atoms with Crippen LogP contribution in [0.15, 0.2) is 47.4 Å². The van der Waals surface area contributed by atoms with Gasteiger partial charge in [0.2, 0.25) is 15.9 Å². The minimum atomic E-state index is -3.52. The Labute approximate surface area is 189 Å². The normalized spacial score (nSPS) is 18.3. The Balaban J connectivity index is 1.27. The van der Waals surface area contributed by atoms with Gasteiger partial charge in [-0.15, -0.1) is 0 Å². The number of sulfonamides is 1. The molecule has 2 aromatic rings. The minimum absolute atomic E-state index is 0.0814. The highest BCUT2D eigenvalue weighted by Crippen LogP contribution is 2.27. The van der Waals surface area contributed by atoms with E-state index in [1.807, 2.05) is 24.0 Å². The fourth-order valence-corrected chi connectivity index (χ4v) is 5.96. The average molecular weight is 460 g/mol. The molecule has 1 amide bonds. The molecule has 1 aliphatic carbocycles. The number of hydrogen-bond donors (Lipinski definition) is 1. The predicted molar refractivity (Wildman–Crippen MR) is 121 cm³/mol. The van der Waals surface area contributed by atoms with Gasteiger partial charge in [-0.1, -0.05) is 18.2 Å². The minimum Gasteiger partial charge on any atom is -0.354 e. The average Bonchev–Trinajstić information content (AvgIpc) is 3.28. The van der Waals surface area contributed by atoms with E-state index in [2.05, 4.69) is 5.32 Å². The van der Waals surface area contributed by atoms with Crippen molar-refractivity contribution in [2.24, 2.45) is 0 Å². The summed E-state index contributed by atoms with van der Waals surface area (Å²) in [7, 11) is -3.52. The van der Waals surface area contributed by atoms with Crippen LogP contribution in [0, 0.1) is 5.82 Å². The highest BCUT2D eigenvalue weighted by atomic mass is 32.2. The van der Waals surface area contributed by atoms with E-state index in [9.17, 15) is 17.6 Å². The van der Waals surface area contributed by atoms with Crippen molar-refractivity contribution in [3.8, 4) is 0 Å². The van der Waals surface area contributed by atoms with Crippen molar-refractivity contribution in [2.45, 2.75) is 43.5 Å². The lowest BCUT2D eigenvalue weighted by atomic mass is 10.1. The summed E-state index contributed by atoms with van der Waals surface area (Å²) in [6.07, 6.45) is 3.69. The molecule has 1 fully saturated rings. The van der Waals surface area contributed by atoms with Gasteiger partial charge in [-0.25, -0.2) is 12.8 Å². The molecule has 0 bridgehead atoms. The third-order valence-electron chi connectivity index (χ3n) is 6.53. The van der Waals surface area contributed by atoms with Gasteiger partial charge < -0.3 is 5.32 Å². The molecule has 1 aliphatic heterocycles. The largest absolute Gasteiger partial charge is 0.354 e. The topological polar surface area (TPSA) is 69.7 Å². The van der Waals surface area contributed by atoms with Crippen LogP contribution < -0.4 is 5.32 Å². The molecular weight excluding hydrogens is 429 g/mol. The van der Waals surface area contributed by atoms with Crippen LogP contribution in [-0.2, 0) is 34.1 Å². The molecule has 0 aromatic heterocycles. The number of fused-ring (bicyclic) bond motifs is 1. The Morgan fingerprint density at radius 1 is 1.03 bits per heavy atom. The van der Waals surface area contributed by atoms with Gasteiger partial charge in [-0.3, -0.25) is 9.69 Å². The van der Waals surface area contributed by atoms with Gasteiger partial charge in [0.15, 0.2) is 0 Å². The zero-order chi connectivity index (χ0) is 22.7. The highest BCUT2D eigenvalue weighted by Gasteiger charge is 2.32. The first-order chi connectivity index (χ1) is 15.3. The van der Waals surface area contributed by atoms with Crippen molar-refractivity contribution in [3.63, 3.8) is 0 Å². The lowest BCUT2D eigenvalue weighted by Crippen LogP contribution is -2.55. The van der Waals surface area contributed by atoms with Crippen molar-refractivity contribution in [1.82, 2.24) is 14.5 Å². The summed E-state index contributed by atoms with van der Waals surface area (Å²) in [6, 6.07) is 11.4. The molecule has 32 heavy (non-hydrogen) atoms. The van der Waals surface area contributed by atoms with Crippen molar-refractivity contribution in [1.29, 1.82) is 0 Å². The van der Waals surface area contributed by atoms with E-state index in [1.165, 1.54) is 22.0 Å². The molecule has 4 rings (SSSR count). The van der Waals surface area contributed by atoms with Gasteiger partial charge in [0.25, 0.3) is 0 Å². The highest BCUT2D eigenvalue weighted by molar-refractivity contribution is 7.89. The van der Waals surface area contributed by atoms with E-state index < -0.39 is 10.0 Å². The number of benzene rings is 2. The number of piperazine rings is 1. The Bertz CT molecular complexity index is 1060. The quantitative estimate of drug-likeness (QED) is 0.690. The summed E-state index contributed by atoms with van der Waals surface area (Å²) in [5, 5.41) is 2.93. The molecule has 2 aliphatic rings. The van der Waals surface area contributed by atoms with E-state index in [0.29, 0.717) is 44.0 Å². The number of nitrogens with zero attached hydrogens (tertiary/aromatic N) is 2. The Morgan fingerprint density at radius 2 is 1.72 bits per heavy atom. The zero-order valence-electron chi connectivity index (χ0n) is 18.4. The summed E-state index contributed by atoms with van der Waals surface area (Å²) >= 11 is 0. The monoisotopic (exact) mass is 459 g/mol. The smallest absolute Gasteiger partial charge is 0.243 e. The van der Waals surface area contributed by atoms with Crippen molar-refractivity contribution >= 4 is 15.9 Å². The Morgan fingerprint density at radius 3 is 2.44 bits per heavy atom. The van der Waals surface area contributed by atoms with Crippen LogP contribution in [0.1, 0.15) is 30.0 Å². The zero-order valence-corrected chi connectivity index (χ0v) is 19.2. The molecule has 1 N–H and O–H groups in total. The molecule has 0 spiro atoms.